The number of ether oxygens (including phenoxy) is 1. The van der Waals surface area contributed by atoms with Crippen LogP contribution < -0.4 is 4.90 Å². The van der Waals surface area contributed by atoms with Crippen molar-refractivity contribution in [3.05, 3.63) is 29.8 Å². The van der Waals surface area contributed by atoms with Gasteiger partial charge in [0.15, 0.2) is 0 Å². The monoisotopic (exact) mass is 315 g/mol. The third kappa shape index (κ3) is 3.39. The van der Waals surface area contributed by atoms with E-state index in [1.165, 1.54) is 43.7 Å². The highest BCUT2D eigenvalue weighted by molar-refractivity contribution is 5.47. The fourth-order valence-corrected chi connectivity index (χ4v) is 4.34. The van der Waals surface area contributed by atoms with Crippen LogP contribution in [0.3, 0.4) is 0 Å². The van der Waals surface area contributed by atoms with Gasteiger partial charge in [0.1, 0.15) is 0 Å². The van der Waals surface area contributed by atoms with E-state index >= 15 is 0 Å². The molecule has 1 aromatic carbocycles. The number of fused-ring (bicyclic) bond motifs is 1. The van der Waals surface area contributed by atoms with Crippen LogP contribution in [0.15, 0.2) is 24.3 Å². The van der Waals surface area contributed by atoms with Gasteiger partial charge < -0.3 is 9.64 Å². The number of piperazine rings is 1. The Bertz CT molecular complexity index is 512. The van der Waals surface area contributed by atoms with Crippen LogP contribution in [0.5, 0.6) is 0 Å². The third-order valence-corrected chi connectivity index (χ3v) is 5.76. The number of nitrogens with zero attached hydrogens (tertiary/aromatic N) is 3. The average Bonchev–Trinajstić information content (AvgIpc) is 3.04. The van der Waals surface area contributed by atoms with Gasteiger partial charge in [0.2, 0.25) is 0 Å². The van der Waals surface area contributed by atoms with Crippen molar-refractivity contribution in [2.24, 2.45) is 0 Å². The molecule has 3 aliphatic rings. The third-order valence-electron chi connectivity index (χ3n) is 5.76. The zero-order valence-electron chi connectivity index (χ0n) is 14.3. The summed E-state index contributed by atoms with van der Waals surface area (Å²) in [6.07, 6.45) is 2.78. The summed E-state index contributed by atoms with van der Waals surface area (Å²) in [7, 11) is 0. The second kappa shape index (κ2) is 6.80. The smallest absolute Gasteiger partial charge is 0.0642 e. The quantitative estimate of drug-likeness (QED) is 0.851. The van der Waals surface area contributed by atoms with E-state index in [1.807, 2.05) is 0 Å². The van der Waals surface area contributed by atoms with Gasteiger partial charge in [-0.2, -0.15) is 0 Å². The van der Waals surface area contributed by atoms with E-state index in [-0.39, 0.29) is 0 Å². The summed E-state index contributed by atoms with van der Waals surface area (Å²) in [4.78, 5) is 7.80. The molecule has 3 heterocycles. The molecule has 0 bridgehead atoms. The minimum Gasteiger partial charge on any atom is -0.378 e. The van der Waals surface area contributed by atoms with Gasteiger partial charge in [0.05, 0.1) is 13.2 Å². The van der Waals surface area contributed by atoms with Gasteiger partial charge in [-0.1, -0.05) is 12.1 Å². The number of hydrogen-bond acceptors (Lipinski definition) is 4. The largest absolute Gasteiger partial charge is 0.378 e. The van der Waals surface area contributed by atoms with Gasteiger partial charge in [-0.05, 0) is 44.0 Å². The lowest BCUT2D eigenvalue weighted by Crippen LogP contribution is -2.54. The maximum Gasteiger partial charge on any atom is 0.0642 e. The summed E-state index contributed by atoms with van der Waals surface area (Å²) in [5.41, 5.74) is 2.78. The van der Waals surface area contributed by atoms with Gasteiger partial charge in [-0.15, -0.1) is 0 Å². The van der Waals surface area contributed by atoms with Crippen LogP contribution in [0.25, 0.3) is 0 Å². The van der Waals surface area contributed by atoms with E-state index in [4.69, 9.17) is 4.74 Å². The molecule has 0 aliphatic carbocycles. The Morgan fingerprint density at radius 3 is 2.61 bits per heavy atom. The van der Waals surface area contributed by atoms with E-state index in [1.54, 1.807) is 0 Å². The molecule has 0 spiro atoms. The van der Waals surface area contributed by atoms with Crippen LogP contribution in [0.2, 0.25) is 0 Å². The normalized spacial score (nSPS) is 29.7. The van der Waals surface area contributed by atoms with Crippen LogP contribution in [0, 0.1) is 0 Å². The summed E-state index contributed by atoms with van der Waals surface area (Å²) in [6, 6.07) is 10.7. The van der Waals surface area contributed by atoms with Gasteiger partial charge in [0, 0.05) is 50.5 Å². The van der Waals surface area contributed by atoms with Gasteiger partial charge >= 0.3 is 0 Å². The molecule has 0 N–H and O–H groups in total. The molecule has 0 amide bonds. The topological polar surface area (TPSA) is 19.0 Å². The number of benzene rings is 1. The molecule has 4 rings (SSSR count). The summed E-state index contributed by atoms with van der Waals surface area (Å²) in [6.45, 7) is 11.0. The molecule has 0 aromatic heterocycles. The zero-order valence-corrected chi connectivity index (χ0v) is 14.3. The highest BCUT2D eigenvalue weighted by Crippen LogP contribution is 2.26. The SMILES string of the molecule is C[C@H]1CN2CCC[C@@H]2CN1Cc1ccc(N2CCOCC2)cc1. The molecule has 3 saturated heterocycles. The highest BCUT2D eigenvalue weighted by Gasteiger charge is 2.34. The predicted octanol–water partition coefficient (Wildman–Crippen LogP) is 2.19. The van der Waals surface area contributed by atoms with Crippen molar-refractivity contribution in [2.75, 3.05) is 50.8 Å². The summed E-state index contributed by atoms with van der Waals surface area (Å²) >= 11 is 0. The van der Waals surface area contributed by atoms with Crippen molar-refractivity contribution in [2.45, 2.75) is 38.4 Å². The molecule has 3 fully saturated rings. The van der Waals surface area contributed by atoms with E-state index in [2.05, 4.69) is 45.9 Å². The van der Waals surface area contributed by atoms with E-state index in [0.717, 1.165) is 38.9 Å². The summed E-state index contributed by atoms with van der Waals surface area (Å²) < 4.78 is 5.44. The molecule has 0 radical (unpaired) electrons. The average molecular weight is 315 g/mol. The molecule has 23 heavy (non-hydrogen) atoms. The Balaban J connectivity index is 1.38. The summed E-state index contributed by atoms with van der Waals surface area (Å²) in [5.74, 6) is 0. The first-order chi connectivity index (χ1) is 11.3. The number of anilines is 1. The van der Waals surface area contributed by atoms with Crippen LogP contribution in [0.4, 0.5) is 5.69 Å². The second-order valence-corrected chi connectivity index (χ2v) is 7.34. The Morgan fingerprint density at radius 1 is 1.04 bits per heavy atom. The van der Waals surface area contributed by atoms with Crippen molar-refractivity contribution in [1.82, 2.24) is 9.80 Å². The van der Waals surface area contributed by atoms with Gasteiger partial charge in [-0.3, -0.25) is 9.80 Å². The lowest BCUT2D eigenvalue weighted by Gasteiger charge is -2.42. The summed E-state index contributed by atoms with van der Waals surface area (Å²) in [5, 5.41) is 0. The number of hydrogen-bond donors (Lipinski definition) is 0. The number of rotatable bonds is 3. The second-order valence-electron chi connectivity index (χ2n) is 7.34. The lowest BCUT2D eigenvalue weighted by atomic mass is 10.1. The van der Waals surface area contributed by atoms with Gasteiger partial charge in [-0.25, -0.2) is 0 Å². The molecule has 126 valence electrons. The number of morpholine rings is 1. The molecule has 0 unspecified atom stereocenters. The first-order valence-corrected chi connectivity index (χ1v) is 9.19. The van der Waals surface area contributed by atoms with Crippen molar-refractivity contribution in [3.8, 4) is 0 Å². The van der Waals surface area contributed by atoms with Crippen LogP contribution in [-0.4, -0.2) is 67.8 Å². The zero-order chi connectivity index (χ0) is 15.6. The molecule has 4 nitrogen and oxygen atoms in total. The van der Waals surface area contributed by atoms with Crippen molar-refractivity contribution < 1.29 is 4.74 Å². The van der Waals surface area contributed by atoms with Crippen molar-refractivity contribution in [3.63, 3.8) is 0 Å². The Kier molecular flexibility index (Phi) is 4.56. The fourth-order valence-electron chi connectivity index (χ4n) is 4.34. The molecular weight excluding hydrogens is 286 g/mol. The molecule has 3 aliphatic heterocycles. The minimum atomic E-state index is 0.670. The first-order valence-electron chi connectivity index (χ1n) is 9.19. The Morgan fingerprint density at radius 2 is 1.83 bits per heavy atom. The van der Waals surface area contributed by atoms with Gasteiger partial charge in [0.25, 0.3) is 0 Å². The van der Waals surface area contributed by atoms with Crippen molar-refractivity contribution >= 4 is 5.69 Å². The Labute approximate surface area is 140 Å². The van der Waals surface area contributed by atoms with Crippen LogP contribution in [0.1, 0.15) is 25.3 Å². The van der Waals surface area contributed by atoms with E-state index < -0.39 is 0 Å². The minimum absolute atomic E-state index is 0.670. The molecule has 0 saturated carbocycles. The molecule has 2 atom stereocenters. The predicted molar refractivity (Wildman–Crippen MR) is 93.9 cm³/mol. The Hall–Kier alpha value is -1.10. The van der Waals surface area contributed by atoms with Crippen molar-refractivity contribution in [1.29, 1.82) is 0 Å². The highest BCUT2D eigenvalue weighted by atomic mass is 16.5. The van der Waals surface area contributed by atoms with Crippen LogP contribution >= 0.6 is 0 Å². The van der Waals surface area contributed by atoms with Crippen LogP contribution in [-0.2, 0) is 11.3 Å². The fraction of sp³-hybridized carbons (Fsp3) is 0.684. The van der Waals surface area contributed by atoms with E-state index in [0.29, 0.717) is 6.04 Å². The molecule has 4 heteroatoms. The molecular formula is C19H29N3O. The van der Waals surface area contributed by atoms with E-state index in [9.17, 15) is 0 Å². The lowest BCUT2D eigenvalue weighted by molar-refractivity contribution is 0.0540. The maximum absolute atomic E-state index is 5.44. The standard InChI is InChI=1S/C19H29N3O/c1-16-13-21-8-2-3-19(21)15-22(16)14-17-4-6-18(7-5-17)20-9-11-23-12-10-20/h4-7,16,19H,2-3,8-15H2,1H3/t16-,19+/m0/s1. The molecule has 1 aromatic rings. The maximum atomic E-state index is 5.44. The first kappa shape index (κ1) is 15.4.